The summed E-state index contributed by atoms with van der Waals surface area (Å²) in [4.78, 5) is 35.4. The maximum Gasteiger partial charge on any atom is 0.389 e. The number of carboxylic acids is 1. The highest BCUT2D eigenvalue weighted by Gasteiger charge is 2.26. The zero-order valence-corrected chi connectivity index (χ0v) is 19.9. The highest BCUT2D eigenvalue weighted by atomic mass is 19.4. The summed E-state index contributed by atoms with van der Waals surface area (Å²) in [6, 6.07) is 7.09. The van der Waals surface area contributed by atoms with Crippen LogP contribution >= 0.6 is 0 Å². The van der Waals surface area contributed by atoms with Gasteiger partial charge in [0.2, 0.25) is 0 Å². The molecule has 1 heterocycles. The van der Waals surface area contributed by atoms with E-state index in [0.29, 0.717) is 18.6 Å². The van der Waals surface area contributed by atoms with E-state index >= 15 is 0 Å². The number of carbonyl (C=O) groups is 1. The van der Waals surface area contributed by atoms with Gasteiger partial charge in [0.05, 0.1) is 12.6 Å². The Kier molecular flexibility index (Phi) is 9.49. The summed E-state index contributed by atoms with van der Waals surface area (Å²) in [6.07, 6.45) is -2.96. The number of aryl methyl sites for hydroxylation is 2. The molecule has 0 aliphatic heterocycles. The van der Waals surface area contributed by atoms with Crippen molar-refractivity contribution in [1.29, 1.82) is 0 Å². The summed E-state index contributed by atoms with van der Waals surface area (Å²) in [5.74, 6) is -1.23. The lowest BCUT2D eigenvalue weighted by molar-refractivity contribution is -0.320. The number of carbonyl (C=O) groups excluding carboxylic acids is 1. The average molecular weight is 500 g/mol. The highest BCUT2D eigenvalue weighted by Crippen LogP contribution is 2.22. The summed E-state index contributed by atoms with van der Waals surface area (Å²) < 4.78 is 49.5. The van der Waals surface area contributed by atoms with Crippen LogP contribution in [0.2, 0.25) is 0 Å². The molecule has 35 heavy (non-hydrogen) atoms. The topological polar surface area (TPSA) is 115 Å². The molecule has 0 bridgehead atoms. The Morgan fingerprint density at radius 2 is 1.83 bits per heavy atom. The van der Waals surface area contributed by atoms with Crippen molar-refractivity contribution in [2.45, 2.75) is 70.7 Å². The Balaban J connectivity index is 1.84. The van der Waals surface area contributed by atoms with Gasteiger partial charge in [-0.2, -0.15) is 13.2 Å². The molecule has 0 atom stereocenters. The van der Waals surface area contributed by atoms with E-state index in [0.717, 1.165) is 27.7 Å². The van der Waals surface area contributed by atoms with E-state index < -0.39 is 35.4 Å². The number of aromatic nitrogens is 3. The fraction of sp³-hybridized carbons (Fsp3) is 0.565. The van der Waals surface area contributed by atoms with Crippen molar-refractivity contribution in [2.24, 2.45) is 7.05 Å². The molecule has 0 amide bonds. The summed E-state index contributed by atoms with van der Waals surface area (Å²) in [5, 5.41) is 14.9. The molecule has 0 aliphatic carbocycles. The van der Waals surface area contributed by atoms with Crippen molar-refractivity contribution in [1.82, 2.24) is 14.3 Å². The fourth-order valence-electron chi connectivity index (χ4n) is 3.14. The van der Waals surface area contributed by atoms with Crippen molar-refractivity contribution in [3.05, 3.63) is 50.7 Å². The number of nitrogens with zero attached hydrogens (tertiary/aromatic N) is 3. The van der Waals surface area contributed by atoms with Gasteiger partial charge in [0.1, 0.15) is 11.4 Å². The van der Waals surface area contributed by atoms with Crippen LogP contribution < -0.4 is 25.8 Å². The Morgan fingerprint density at radius 1 is 1.11 bits per heavy atom. The Morgan fingerprint density at radius 3 is 2.49 bits per heavy atom. The van der Waals surface area contributed by atoms with E-state index in [1.54, 1.807) is 18.2 Å². The van der Waals surface area contributed by atoms with Crippen LogP contribution in [0, 0.1) is 0 Å². The zero-order valence-electron chi connectivity index (χ0n) is 19.9. The van der Waals surface area contributed by atoms with Gasteiger partial charge in [0.25, 0.3) is 5.88 Å². The predicted octanol–water partition coefficient (Wildman–Crippen LogP) is 1.98. The molecular formula is C23H29F3N3O6-. The first kappa shape index (κ1) is 27.9. The molecule has 0 unspecified atom stereocenters. The molecule has 0 aliphatic rings. The second-order valence-electron chi connectivity index (χ2n) is 8.60. The first-order chi connectivity index (χ1) is 16.3. The molecule has 0 saturated carbocycles. The molecule has 0 radical (unpaired) electrons. The largest absolute Gasteiger partial charge is 0.546 e. The van der Waals surface area contributed by atoms with Crippen molar-refractivity contribution >= 4 is 5.97 Å². The predicted molar refractivity (Wildman–Crippen MR) is 118 cm³/mol. The number of aliphatic carboxylic acids is 1. The molecule has 0 saturated heterocycles. The van der Waals surface area contributed by atoms with Crippen molar-refractivity contribution < 1.29 is 32.5 Å². The van der Waals surface area contributed by atoms with Gasteiger partial charge in [0.15, 0.2) is 0 Å². The molecule has 9 nitrogen and oxygen atoms in total. The third-order valence-corrected chi connectivity index (χ3v) is 5.15. The molecule has 12 heteroatoms. The van der Waals surface area contributed by atoms with Crippen molar-refractivity contribution in [2.75, 3.05) is 6.61 Å². The molecule has 1 aromatic carbocycles. The normalized spacial score (nSPS) is 11.9. The van der Waals surface area contributed by atoms with Crippen LogP contribution in [-0.4, -0.2) is 38.7 Å². The maximum atomic E-state index is 12.4. The lowest BCUT2D eigenvalue weighted by Gasteiger charge is -2.27. The lowest BCUT2D eigenvalue weighted by atomic mass is 10.1. The number of ether oxygens (including phenoxy) is 2. The molecule has 0 fully saturated rings. The standard InChI is InChI=1S/C23H30F3N3O6/c1-22(2,20(31)32)35-17-11-7-10-16(15-17)9-5-4-6-14-34-18-19(30)28(3)21(33)29(27-18)13-8-12-23(24,25)26/h7,10-11,15H,4-6,8-9,12-14H2,1-3H3,(H,31,32)/p-1. The maximum absolute atomic E-state index is 12.4. The number of hydrogen-bond acceptors (Lipinski definition) is 7. The number of hydrogen-bond donors (Lipinski definition) is 0. The van der Waals surface area contributed by atoms with Gasteiger partial charge in [-0.15, -0.1) is 5.10 Å². The average Bonchev–Trinajstić information content (AvgIpc) is 2.76. The summed E-state index contributed by atoms with van der Waals surface area (Å²) in [7, 11) is 1.21. The highest BCUT2D eigenvalue weighted by molar-refractivity contribution is 5.74. The minimum atomic E-state index is -4.34. The molecular weight excluding hydrogens is 471 g/mol. The third-order valence-electron chi connectivity index (χ3n) is 5.15. The minimum Gasteiger partial charge on any atom is -0.546 e. The van der Waals surface area contributed by atoms with Gasteiger partial charge in [0, 0.05) is 20.0 Å². The Labute approximate surface area is 200 Å². The molecule has 194 valence electrons. The van der Waals surface area contributed by atoms with Crippen molar-refractivity contribution in [3.8, 4) is 11.6 Å². The van der Waals surface area contributed by atoms with Crippen molar-refractivity contribution in [3.63, 3.8) is 0 Å². The molecule has 1 aromatic heterocycles. The summed E-state index contributed by atoms with van der Waals surface area (Å²) >= 11 is 0. The second-order valence-corrected chi connectivity index (χ2v) is 8.60. The number of unbranched alkanes of at least 4 members (excludes halogenated alkanes) is 2. The summed E-state index contributed by atoms with van der Waals surface area (Å²) in [5.41, 5.74) is -2.06. The number of benzene rings is 1. The minimum absolute atomic E-state index is 0.145. The number of carboxylic acid groups (broad SMARTS) is 1. The van der Waals surface area contributed by atoms with Crippen LogP contribution in [0.4, 0.5) is 13.2 Å². The fourth-order valence-corrected chi connectivity index (χ4v) is 3.14. The van der Waals surface area contributed by atoms with Crippen LogP contribution in [0.3, 0.4) is 0 Å². The van der Waals surface area contributed by atoms with Gasteiger partial charge >= 0.3 is 17.4 Å². The molecule has 2 aromatic rings. The van der Waals surface area contributed by atoms with E-state index in [1.165, 1.54) is 20.9 Å². The van der Waals surface area contributed by atoms with E-state index in [1.807, 2.05) is 6.07 Å². The van der Waals surface area contributed by atoms with E-state index in [2.05, 4.69) is 5.10 Å². The van der Waals surface area contributed by atoms with E-state index in [4.69, 9.17) is 9.47 Å². The Hall–Kier alpha value is -3.31. The number of halogens is 3. The van der Waals surface area contributed by atoms with Crippen LogP contribution in [0.5, 0.6) is 11.6 Å². The smallest absolute Gasteiger partial charge is 0.389 e. The third kappa shape index (κ3) is 8.76. The van der Waals surface area contributed by atoms with Gasteiger partial charge in [-0.3, -0.25) is 9.36 Å². The lowest BCUT2D eigenvalue weighted by Crippen LogP contribution is -2.47. The quantitative estimate of drug-likeness (QED) is 0.386. The van der Waals surface area contributed by atoms with Gasteiger partial charge in [-0.1, -0.05) is 12.1 Å². The molecule has 0 spiro atoms. The van der Waals surface area contributed by atoms with Crippen LogP contribution in [0.15, 0.2) is 33.9 Å². The van der Waals surface area contributed by atoms with Crippen LogP contribution in [0.1, 0.15) is 51.5 Å². The summed E-state index contributed by atoms with van der Waals surface area (Å²) in [6.45, 7) is 2.68. The first-order valence-electron chi connectivity index (χ1n) is 11.2. The SMILES string of the molecule is Cn1c(=O)c(OCCCCCc2cccc(OC(C)(C)C(=O)[O-])c2)nn(CCCC(F)(F)F)c1=O. The van der Waals surface area contributed by atoms with Crippen LogP contribution in [-0.2, 0) is 24.8 Å². The number of rotatable bonds is 13. The number of alkyl halides is 3. The molecule has 0 N–H and O–H groups in total. The zero-order chi connectivity index (χ0) is 26.2. The van der Waals surface area contributed by atoms with E-state index in [9.17, 15) is 32.7 Å². The monoisotopic (exact) mass is 500 g/mol. The second kappa shape index (κ2) is 11.9. The Bertz CT molecular complexity index is 1120. The van der Waals surface area contributed by atoms with E-state index in [-0.39, 0.29) is 25.5 Å². The van der Waals surface area contributed by atoms with Gasteiger partial charge < -0.3 is 19.4 Å². The molecule has 2 rings (SSSR count). The van der Waals surface area contributed by atoms with Crippen LogP contribution in [0.25, 0.3) is 0 Å². The first-order valence-corrected chi connectivity index (χ1v) is 11.2. The van der Waals surface area contributed by atoms with Gasteiger partial charge in [-0.25, -0.2) is 9.48 Å². The van der Waals surface area contributed by atoms with Gasteiger partial charge in [-0.05, 0) is 63.6 Å².